The van der Waals surface area contributed by atoms with Gasteiger partial charge in [0.25, 0.3) is 11.8 Å². The number of imide groups is 1. The Morgan fingerprint density at radius 2 is 1.72 bits per heavy atom. The van der Waals surface area contributed by atoms with E-state index in [1.54, 1.807) is 41.3 Å². The van der Waals surface area contributed by atoms with Gasteiger partial charge in [0.05, 0.1) is 30.0 Å². The highest BCUT2D eigenvalue weighted by molar-refractivity contribution is 6.23. The quantitative estimate of drug-likeness (QED) is 0.498. The lowest BCUT2D eigenvalue weighted by Gasteiger charge is -2.40. The Hall–Kier alpha value is -4.22. The molecule has 0 bridgehead atoms. The molecule has 3 aromatic rings. The van der Waals surface area contributed by atoms with E-state index in [2.05, 4.69) is 17.0 Å². The zero-order chi connectivity index (χ0) is 25.1. The Labute approximate surface area is 209 Å². The number of piperidine rings is 1. The number of nitriles is 1. The van der Waals surface area contributed by atoms with Crippen LogP contribution in [0.15, 0.2) is 77.4 Å². The van der Waals surface area contributed by atoms with Crippen molar-refractivity contribution < 1.29 is 18.8 Å². The van der Waals surface area contributed by atoms with E-state index in [-0.39, 0.29) is 30.0 Å². The van der Waals surface area contributed by atoms with Gasteiger partial charge in [0.15, 0.2) is 5.76 Å². The van der Waals surface area contributed by atoms with Gasteiger partial charge in [-0.1, -0.05) is 30.3 Å². The fraction of sp³-hybridized carbons (Fsp3) is 0.286. The summed E-state index contributed by atoms with van der Waals surface area (Å²) in [4.78, 5) is 45.1. The second kappa shape index (κ2) is 10.2. The third kappa shape index (κ3) is 4.66. The lowest BCUT2D eigenvalue weighted by molar-refractivity contribution is -0.123. The van der Waals surface area contributed by atoms with Gasteiger partial charge in [0.2, 0.25) is 5.91 Å². The normalized spacial score (nSPS) is 18.9. The number of hydrogen-bond donors (Lipinski definition) is 0. The molecule has 2 aliphatic heterocycles. The van der Waals surface area contributed by atoms with Gasteiger partial charge in [0.1, 0.15) is 6.04 Å². The molecule has 0 radical (unpaired) electrons. The Morgan fingerprint density at radius 3 is 2.36 bits per heavy atom. The van der Waals surface area contributed by atoms with Crippen LogP contribution in [0.1, 0.15) is 40.9 Å². The third-order valence-corrected chi connectivity index (χ3v) is 6.88. The topological polar surface area (TPSA) is 97.9 Å². The zero-order valence-corrected chi connectivity index (χ0v) is 19.7. The first-order valence-corrected chi connectivity index (χ1v) is 12.0. The van der Waals surface area contributed by atoms with Gasteiger partial charge >= 0.3 is 0 Å². The monoisotopic (exact) mass is 482 g/mol. The molecule has 0 spiro atoms. The summed E-state index contributed by atoms with van der Waals surface area (Å²) in [5.74, 6) is -1.03. The van der Waals surface area contributed by atoms with Crippen LogP contribution >= 0.6 is 0 Å². The van der Waals surface area contributed by atoms with Crippen LogP contribution in [0, 0.1) is 11.3 Å². The molecule has 0 N–H and O–H groups in total. The SMILES string of the molecule is N#Cc1ccc(N2C(=O)CC(N(C(=O)c3ccco3)C3CCN(Cc4ccccc4)CC3)C2=O)cc1. The average Bonchev–Trinajstić information content (AvgIpc) is 3.54. The number of rotatable bonds is 6. The summed E-state index contributed by atoms with van der Waals surface area (Å²) in [7, 11) is 0. The molecular weight excluding hydrogens is 456 g/mol. The van der Waals surface area contributed by atoms with Crippen LogP contribution in [-0.2, 0) is 16.1 Å². The number of hydrogen-bond acceptors (Lipinski definition) is 6. The van der Waals surface area contributed by atoms with Crippen LogP contribution in [0.25, 0.3) is 0 Å². The maximum atomic E-state index is 13.5. The fourth-order valence-corrected chi connectivity index (χ4v) is 5.08. The molecule has 8 nitrogen and oxygen atoms in total. The Bertz CT molecular complexity index is 1270. The molecule has 3 amide bonds. The van der Waals surface area contributed by atoms with Crippen molar-refractivity contribution in [3.8, 4) is 6.07 Å². The number of carbonyl (C=O) groups excluding carboxylic acids is 3. The van der Waals surface area contributed by atoms with Crippen molar-refractivity contribution in [1.29, 1.82) is 5.26 Å². The summed E-state index contributed by atoms with van der Waals surface area (Å²) >= 11 is 0. The van der Waals surface area contributed by atoms with E-state index in [0.717, 1.165) is 24.5 Å². The Morgan fingerprint density at radius 1 is 1.00 bits per heavy atom. The predicted octanol–water partition coefficient (Wildman–Crippen LogP) is 3.59. The number of nitrogens with zero attached hydrogens (tertiary/aromatic N) is 4. The van der Waals surface area contributed by atoms with Crippen molar-refractivity contribution >= 4 is 23.4 Å². The van der Waals surface area contributed by atoms with Crippen molar-refractivity contribution in [2.45, 2.75) is 37.9 Å². The molecule has 1 atom stereocenters. The van der Waals surface area contributed by atoms with Gasteiger partial charge in [-0.15, -0.1) is 0 Å². The van der Waals surface area contributed by atoms with E-state index in [1.807, 2.05) is 24.3 Å². The zero-order valence-electron chi connectivity index (χ0n) is 19.7. The highest BCUT2D eigenvalue weighted by atomic mass is 16.3. The number of amides is 3. The molecule has 0 aliphatic carbocycles. The van der Waals surface area contributed by atoms with Crippen LogP contribution in [0.2, 0.25) is 0 Å². The van der Waals surface area contributed by atoms with Crippen LogP contribution in [-0.4, -0.2) is 52.7 Å². The number of likely N-dealkylation sites (tertiary alicyclic amines) is 1. The summed E-state index contributed by atoms with van der Waals surface area (Å²) < 4.78 is 5.38. The van der Waals surface area contributed by atoms with Crippen LogP contribution in [0.3, 0.4) is 0 Å². The second-order valence-corrected chi connectivity index (χ2v) is 9.13. The van der Waals surface area contributed by atoms with E-state index in [1.165, 1.54) is 11.8 Å². The van der Waals surface area contributed by atoms with Crippen molar-refractivity contribution in [3.05, 3.63) is 89.9 Å². The summed E-state index contributed by atoms with van der Waals surface area (Å²) in [5.41, 5.74) is 2.06. The van der Waals surface area contributed by atoms with Crippen molar-refractivity contribution in [1.82, 2.24) is 9.80 Å². The minimum Gasteiger partial charge on any atom is -0.459 e. The molecule has 3 heterocycles. The molecule has 5 rings (SSSR count). The van der Waals surface area contributed by atoms with Gasteiger partial charge in [0, 0.05) is 25.7 Å². The van der Waals surface area contributed by atoms with Crippen LogP contribution in [0.4, 0.5) is 5.69 Å². The van der Waals surface area contributed by atoms with Gasteiger partial charge in [-0.2, -0.15) is 5.26 Å². The molecule has 2 aliphatic rings. The number of anilines is 1. The van der Waals surface area contributed by atoms with Crippen LogP contribution < -0.4 is 4.90 Å². The minimum atomic E-state index is -0.906. The maximum Gasteiger partial charge on any atom is 0.290 e. The molecule has 0 saturated carbocycles. The Kier molecular flexibility index (Phi) is 6.65. The minimum absolute atomic E-state index is 0.0878. The standard InChI is InChI=1S/C28H26N4O4/c29-18-20-8-10-22(11-9-20)32-26(33)17-24(27(32)34)31(28(35)25-7-4-16-36-25)23-12-14-30(15-13-23)19-21-5-2-1-3-6-21/h1-11,16,23-24H,12-15,17,19H2. The number of carbonyl (C=O) groups is 3. The molecule has 182 valence electrons. The van der Waals surface area contributed by atoms with Crippen molar-refractivity contribution in [2.75, 3.05) is 18.0 Å². The van der Waals surface area contributed by atoms with Gasteiger partial charge in [-0.05, 0) is 54.8 Å². The van der Waals surface area contributed by atoms with E-state index in [4.69, 9.17) is 9.68 Å². The second-order valence-electron chi connectivity index (χ2n) is 9.13. The third-order valence-electron chi connectivity index (χ3n) is 6.88. The fourth-order valence-electron chi connectivity index (χ4n) is 5.08. The highest BCUT2D eigenvalue weighted by Crippen LogP contribution is 2.31. The summed E-state index contributed by atoms with van der Waals surface area (Å²) in [5, 5.41) is 9.06. The molecule has 36 heavy (non-hydrogen) atoms. The first kappa shape index (κ1) is 23.5. The first-order valence-electron chi connectivity index (χ1n) is 12.0. The summed E-state index contributed by atoms with van der Waals surface area (Å²) in [6.07, 6.45) is 2.72. The van der Waals surface area contributed by atoms with Gasteiger partial charge in [-0.3, -0.25) is 19.3 Å². The lowest BCUT2D eigenvalue weighted by atomic mass is 9.99. The predicted molar refractivity (Wildman–Crippen MR) is 132 cm³/mol. The van der Waals surface area contributed by atoms with E-state index in [9.17, 15) is 14.4 Å². The van der Waals surface area contributed by atoms with E-state index < -0.39 is 11.9 Å². The van der Waals surface area contributed by atoms with E-state index >= 15 is 0 Å². The molecule has 2 aromatic carbocycles. The largest absolute Gasteiger partial charge is 0.459 e. The molecule has 8 heteroatoms. The number of benzene rings is 2. The molecule has 1 unspecified atom stereocenters. The highest BCUT2D eigenvalue weighted by Gasteiger charge is 2.47. The van der Waals surface area contributed by atoms with Crippen molar-refractivity contribution in [2.24, 2.45) is 0 Å². The maximum absolute atomic E-state index is 13.5. The molecule has 2 fully saturated rings. The molecule has 2 saturated heterocycles. The van der Waals surface area contributed by atoms with Gasteiger partial charge in [-0.25, -0.2) is 4.90 Å². The van der Waals surface area contributed by atoms with Crippen LogP contribution in [0.5, 0.6) is 0 Å². The average molecular weight is 483 g/mol. The summed E-state index contributed by atoms with van der Waals surface area (Å²) in [6, 6.07) is 20.7. The van der Waals surface area contributed by atoms with Crippen molar-refractivity contribution in [3.63, 3.8) is 0 Å². The van der Waals surface area contributed by atoms with E-state index in [0.29, 0.717) is 24.1 Å². The number of furan rings is 1. The van der Waals surface area contributed by atoms with Gasteiger partial charge < -0.3 is 9.32 Å². The molecular formula is C28H26N4O4. The first-order chi connectivity index (χ1) is 17.5. The summed E-state index contributed by atoms with van der Waals surface area (Å²) in [6.45, 7) is 2.37. The smallest absolute Gasteiger partial charge is 0.290 e. The molecule has 1 aromatic heterocycles. The Balaban J connectivity index is 1.36. The lowest BCUT2D eigenvalue weighted by Crippen LogP contribution is -2.54.